The highest BCUT2D eigenvalue weighted by Gasteiger charge is 2.41. The number of anilines is 2. The molecule has 2 N–H and O–H groups in total. The molecule has 2 amide bonds. The van der Waals surface area contributed by atoms with E-state index >= 15 is 0 Å². The molecule has 1 aliphatic rings. The average molecular weight is 652 g/mol. The number of likely N-dealkylation sites (N-methyl/N-ethyl adjacent to an activating group) is 1. The largest absolute Gasteiger partial charge is 0.416 e. The van der Waals surface area contributed by atoms with Crippen LogP contribution in [0.25, 0.3) is 11.1 Å². The summed E-state index contributed by atoms with van der Waals surface area (Å²) in [5.74, 6) is -1.52. The van der Waals surface area contributed by atoms with Gasteiger partial charge in [0.1, 0.15) is 11.6 Å². The van der Waals surface area contributed by atoms with E-state index in [0.717, 1.165) is 30.0 Å². The highest BCUT2D eigenvalue weighted by Crippen LogP contribution is 2.42. The van der Waals surface area contributed by atoms with Crippen LogP contribution in [0.5, 0.6) is 0 Å². The summed E-state index contributed by atoms with van der Waals surface area (Å²) >= 11 is 0. The summed E-state index contributed by atoms with van der Waals surface area (Å²) in [5.41, 5.74) is -4.40. The van der Waals surface area contributed by atoms with Crippen molar-refractivity contribution in [3.63, 3.8) is 0 Å². The normalized spacial score (nSPS) is 13.9. The van der Waals surface area contributed by atoms with Crippen molar-refractivity contribution in [2.24, 2.45) is 0 Å². The quantitative estimate of drug-likeness (QED) is 0.199. The molecule has 1 aliphatic heterocycles. The number of pyridine rings is 1. The lowest BCUT2D eigenvalue weighted by atomic mass is 9.81. The standard InChI is InChI=1S/C32H32F7N5O2/c1-18-11-22(33)7-8-23(18)27-24(15-40)28(42-17-26(45)44-9-5-6-10-44)41-16-25(27)43(4)29(46)30(2,3)19-12-20(31(34,35)36)14-21(13-19)32(37,38)39/h7-8,11-16,40H,5-6,9-10,17H2,1-4H3,(H,41,42). The van der Waals surface area contributed by atoms with Crippen LogP contribution in [-0.4, -0.2) is 54.6 Å². The molecule has 0 aliphatic carbocycles. The van der Waals surface area contributed by atoms with Crippen LogP contribution in [0.1, 0.15) is 54.5 Å². The van der Waals surface area contributed by atoms with E-state index in [0.29, 0.717) is 36.3 Å². The van der Waals surface area contributed by atoms with Gasteiger partial charge in [0.15, 0.2) is 0 Å². The number of carbonyl (C=O) groups is 2. The van der Waals surface area contributed by atoms with Crippen molar-refractivity contribution < 1.29 is 40.3 Å². The van der Waals surface area contributed by atoms with Gasteiger partial charge in [0, 0.05) is 37.5 Å². The van der Waals surface area contributed by atoms with Crippen LogP contribution in [0, 0.1) is 18.2 Å². The second-order valence-corrected chi connectivity index (χ2v) is 11.6. The minimum Gasteiger partial charge on any atom is -0.360 e. The van der Waals surface area contributed by atoms with Crippen molar-refractivity contribution in [3.05, 3.63) is 76.2 Å². The fourth-order valence-electron chi connectivity index (χ4n) is 5.45. The van der Waals surface area contributed by atoms with Gasteiger partial charge in [-0.1, -0.05) is 6.07 Å². The van der Waals surface area contributed by atoms with Crippen LogP contribution >= 0.6 is 0 Å². The number of alkyl halides is 6. The number of benzene rings is 2. The highest BCUT2D eigenvalue weighted by atomic mass is 19.4. The molecule has 1 saturated heterocycles. The van der Waals surface area contributed by atoms with E-state index in [1.54, 1.807) is 11.8 Å². The second kappa shape index (κ2) is 12.7. The number of aromatic nitrogens is 1. The van der Waals surface area contributed by atoms with E-state index in [9.17, 15) is 40.3 Å². The molecule has 0 unspecified atom stereocenters. The smallest absolute Gasteiger partial charge is 0.360 e. The van der Waals surface area contributed by atoms with Gasteiger partial charge in [0.2, 0.25) is 11.8 Å². The SMILES string of the molecule is Cc1cc(F)ccc1-c1c(N(C)C(=O)C(C)(C)c2cc(C(F)(F)F)cc(C(F)(F)F)c2)cnc(NCC(=O)N2CCCC2)c1C=N. The molecule has 0 spiro atoms. The van der Waals surface area contributed by atoms with Crippen LogP contribution < -0.4 is 10.2 Å². The molecule has 14 heteroatoms. The minimum absolute atomic E-state index is 0.0103. The van der Waals surface area contributed by atoms with Gasteiger partial charge in [0.25, 0.3) is 0 Å². The van der Waals surface area contributed by atoms with Crippen molar-refractivity contribution in [2.75, 3.05) is 36.9 Å². The van der Waals surface area contributed by atoms with Crippen molar-refractivity contribution in [3.8, 4) is 11.1 Å². The van der Waals surface area contributed by atoms with Gasteiger partial charge in [0.05, 0.1) is 35.0 Å². The Balaban J connectivity index is 1.83. The fraction of sp³-hybridized carbons (Fsp3) is 0.375. The maximum absolute atomic E-state index is 14.1. The number of nitrogens with zero attached hydrogens (tertiary/aromatic N) is 3. The molecule has 4 rings (SSSR count). The van der Waals surface area contributed by atoms with Gasteiger partial charge in [-0.2, -0.15) is 26.3 Å². The Morgan fingerprint density at radius 1 is 0.978 bits per heavy atom. The summed E-state index contributed by atoms with van der Waals surface area (Å²) in [6.07, 6.45) is -6.29. The predicted octanol–water partition coefficient (Wildman–Crippen LogP) is 7.21. The number of rotatable bonds is 8. The molecule has 246 valence electrons. The van der Waals surface area contributed by atoms with Gasteiger partial charge in [-0.05, 0) is 80.6 Å². The number of likely N-dealkylation sites (tertiary alicyclic amines) is 1. The number of aryl methyl sites for hydroxylation is 1. The maximum Gasteiger partial charge on any atom is 0.416 e. The van der Waals surface area contributed by atoms with E-state index in [2.05, 4.69) is 10.3 Å². The van der Waals surface area contributed by atoms with Crippen LogP contribution in [0.3, 0.4) is 0 Å². The molecule has 46 heavy (non-hydrogen) atoms. The van der Waals surface area contributed by atoms with Gasteiger partial charge in [-0.3, -0.25) is 9.59 Å². The van der Waals surface area contributed by atoms with E-state index < -0.39 is 46.2 Å². The molecule has 0 saturated carbocycles. The lowest BCUT2D eigenvalue weighted by molar-refractivity contribution is -0.143. The first kappa shape index (κ1) is 34.4. The summed E-state index contributed by atoms with van der Waals surface area (Å²) in [5, 5.41) is 11.1. The fourth-order valence-corrected chi connectivity index (χ4v) is 5.45. The Bertz CT molecular complexity index is 1630. The van der Waals surface area contributed by atoms with Crippen LogP contribution in [-0.2, 0) is 27.4 Å². The summed E-state index contributed by atoms with van der Waals surface area (Å²) in [4.78, 5) is 33.7. The number of hydrogen-bond donors (Lipinski definition) is 2. The molecule has 2 heterocycles. The number of carbonyl (C=O) groups excluding carboxylic acids is 2. The summed E-state index contributed by atoms with van der Waals surface area (Å²) in [6.45, 7) is 5.08. The zero-order valence-electron chi connectivity index (χ0n) is 25.5. The Labute approximate surface area is 260 Å². The monoisotopic (exact) mass is 651 g/mol. The van der Waals surface area contributed by atoms with E-state index in [4.69, 9.17) is 5.41 Å². The van der Waals surface area contributed by atoms with E-state index in [-0.39, 0.29) is 41.2 Å². The van der Waals surface area contributed by atoms with Crippen molar-refractivity contribution in [1.29, 1.82) is 5.41 Å². The Hall–Kier alpha value is -4.49. The molecule has 2 aromatic carbocycles. The molecular formula is C32H32F7N5O2. The zero-order chi connectivity index (χ0) is 34.2. The van der Waals surface area contributed by atoms with Crippen molar-refractivity contribution in [2.45, 2.75) is 51.4 Å². The lowest BCUT2D eigenvalue weighted by Gasteiger charge is -2.32. The van der Waals surface area contributed by atoms with Crippen molar-refractivity contribution in [1.82, 2.24) is 9.88 Å². The van der Waals surface area contributed by atoms with Gasteiger partial charge in [-0.25, -0.2) is 9.37 Å². The van der Waals surface area contributed by atoms with E-state index in [1.807, 2.05) is 0 Å². The highest BCUT2D eigenvalue weighted by molar-refractivity contribution is 6.07. The Morgan fingerprint density at radius 3 is 2.07 bits per heavy atom. The molecule has 7 nitrogen and oxygen atoms in total. The molecule has 0 radical (unpaired) electrons. The predicted molar refractivity (Wildman–Crippen MR) is 159 cm³/mol. The molecule has 1 aromatic heterocycles. The first-order valence-corrected chi connectivity index (χ1v) is 14.3. The average Bonchev–Trinajstić information content (AvgIpc) is 3.53. The number of hydrogen-bond acceptors (Lipinski definition) is 5. The maximum atomic E-state index is 14.1. The molecule has 0 bridgehead atoms. The zero-order valence-corrected chi connectivity index (χ0v) is 25.5. The Morgan fingerprint density at radius 2 is 1.54 bits per heavy atom. The number of nitrogens with one attached hydrogen (secondary N) is 2. The topological polar surface area (TPSA) is 89.4 Å². The first-order chi connectivity index (χ1) is 21.4. The second-order valence-electron chi connectivity index (χ2n) is 11.6. The van der Waals surface area contributed by atoms with Gasteiger partial charge < -0.3 is 20.5 Å². The van der Waals surface area contributed by atoms with E-state index in [1.165, 1.54) is 39.2 Å². The summed E-state index contributed by atoms with van der Waals surface area (Å²) in [6, 6.07) is 4.82. The first-order valence-electron chi connectivity index (χ1n) is 14.3. The molecule has 1 fully saturated rings. The van der Waals surface area contributed by atoms with Gasteiger partial charge >= 0.3 is 12.4 Å². The van der Waals surface area contributed by atoms with Crippen LogP contribution in [0.15, 0.2) is 42.6 Å². The van der Waals surface area contributed by atoms with Gasteiger partial charge in [-0.15, -0.1) is 0 Å². The molecule has 3 aromatic rings. The number of amides is 2. The third-order valence-electron chi connectivity index (χ3n) is 8.07. The van der Waals surface area contributed by atoms with Crippen LogP contribution in [0.2, 0.25) is 0 Å². The third kappa shape index (κ3) is 7.00. The molecular weight excluding hydrogens is 619 g/mol. The van der Waals surface area contributed by atoms with Crippen LogP contribution in [0.4, 0.5) is 42.2 Å². The number of halogens is 7. The third-order valence-corrected chi connectivity index (χ3v) is 8.07. The Kier molecular flexibility index (Phi) is 9.51. The minimum atomic E-state index is -5.11. The summed E-state index contributed by atoms with van der Waals surface area (Å²) in [7, 11) is 1.28. The molecule has 0 atom stereocenters. The van der Waals surface area contributed by atoms with Crippen molar-refractivity contribution >= 4 is 29.5 Å². The lowest BCUT2D eigenvalue weighted by Crippen LogP contribution is -2.42. The summed E-state index contributed by atoms with van der Waals surface area (Å²) < 4.78 is 95.9.